The molecule has 0 aliphatic carbocycles. The van der Waals surface area contributed by atoms with E-state index in [9.17, 15) is 4.39 Å². The molecule has 1 saturated heterocycles. The van der Waals surface area contributed by atoms with E-state index in [4.69, 9.17) is 0 Å². The third-order valence-electron chi connectivity index (χ3n) is 4.05. The van der Waals surface area contributed by atoms with E-state index in [1.807, 2.05) is 6.20 Å². The van der Waals surface area contributed by atoms with Gasteiger partial charge >= 0.3 is 0 Å². The Balaban J connectivity index is 1.51. The molecule has 1 aliphatic rings. The molecular weight excluding hydrogens is 269 g/mol. The fourth-order valence-corrected chi connectivity index (χ4v) is 2.99. The van der Waals surface area contributed by atoms with E-state index < -0.39 is 0 Å². The van der Waals surface area contributed by atoms with Crippen LogP contribution < -0.4 is 0 Å². The van der Waals surface area contributed by atoms with Gasteiger partial charge in [0.05, 0.1) is 17.6 Å². The van der Waals surface area contributed by atoms with Gasteiger partial charge in [0.2, 0.25) is 0 Å². The minimum absolute atomic E-state index is 0.233. The zero-order valence-electron chi connectivity index (χ0n) is 11.5. The lowest BCUT2D eigenvalue weighted by molar-refractivity contribution is 0.318. The van der Waals surface area contributed by atoms with Crippen molar-refractivity contribution in [2.24, 2.45) is 0 Å². The second kappa shape index (κ2) is 4.96. The van der Waals surface area contributed by atoms with Crippen molar-refractivity contribution in [3.05, 3.63) is 48.1 Å². The average molecular weight is 285 g/mol. The number of nitrogens with one attached hydrogen (secondary N) is 2. The number of benzene rings is 1. The molecule has 0 radical (unpaired) electrons. The standard InChI is InChI=1S/C15H16FN5/c16-11-1-2-12-13(7-11)20-15(19-12)10-3-6-21(8-10)9-14-17-4-5-18-14/h1-2,4-5,7,10H,3,6,8-9H2,(H,17,18)(H,19,20)/t10-/m0/s1. The fraction of sp³-hybridized carbons (Fsp3) is 0.333. The molecule has 5 nitrogen and oxygen atoms in total. The highest BCUT2D eigenvalue weighted by molar-refractivity contribution is 5.75. The van der Waals surface area contributed by atoms with Crippen molar-refractivity contribution in [1.82, 2.24) is 24.8 Å². The van der Waals surface area contributed by atoms with Crippen molar-refractivity contribution in [1.29, 1.82) is 0 Å². The van der Waals surface area contributed by atoms with Crippen molar-refractivity contribution in [2.75, 3.05) is 13.1 Å². The summed E-state index contributed by atoms with van der Waals surface area (Å²) >= 11 is 0. The van der Waals surface area contributed by atoms with Gasteiger partial charge < -0.3 is 9.97 Å². The van der Waals surface area contributed by atoms with Gasteiger partial charge in [-0.05, 0) is 31.2 Å². The van der Waals surface area contributed by atoms with Gasteiger partial charge in [-0.1, -0.05) is 0 Å². The van der Waals surface area contributed by atoms with Crippen molar-refractivity contribution in [2.45, 2.75) is 18.9 Å². The van der Waals surface area contributed by atoms with Crippen molar-refractivity contribution in [3.8, 4) is 0 Å². The molecule has 1 aliphatic heterocycles. The van der Waals surface area contributed by atoms with E-state index in [2.05, 4.69) is 24.8 Å². The predicted octanol–water partition coefficient (Wildman–Crippen LogP) is 2.41. The van der Waals surface area contributed by atoms with Gasteiger partial charge in [0, 0.05) is 24.9 Å². The predicted molar refractivity (Wildman–Crippen MR) is 77.3 cm³/mol. The summed E-state index contributed by atoms with van der Waals surface area (Å²) in [6, 6.07) is 4.67. The quantitative estimate of drug-likeness (QED) is 0.777. The van der Waals surface area contributed by atoms with E-state index in [0.717, 1.165) is 48.7 Å². The summed E-state index contributed by atoms with van der Waals surface area (Å²) in [5.41, 5.74) is 1.60. The van der Waals surface area contributed by atoms with Crippen LogP contribution in [-0.2, 0) is 6.54 Å². The smallest absolute Gasteiger partial charge is 0.125 e. The van der Waals surface area contributed by atoms with Crippen LogP contribution in [0.3, 0.4) is 0 Å². The van der Waals surface area contributed by atoms with E-state index in [1.54, 1.807) is 12.3 Å². The van der Waals surface area contributed by atoms with Crippen LogP contribution in [0.25, 0.3) is 11.0 Å². The number of hydrogen-bond donors (Lipinski definition) is 2. The molecule has 1 fully saturated rings. The summed E-state index contributed by atoms with van der Waals surface area (Å²) < 4.78 is 13.2. The number of imidazole rings is 2. The number of aromatic amines is 2. The van der Waals surface area contributed by atoms with Crippen LogP contribution in [0.15, 0.2) is 30.6 Å². The number of aromatic nitrogens is 4. The molecule has 4 rings (SSSR count). The second-order valence-electron chi connectivity index (χ2n) is 5.54. The number of likely N-dealkylation sites (tertiary alicyclic amines) is 1. The van der Waals surface area contributed by atoms with Crippen LogP contribution in [0, 0.1) is 5.82 Å². The third-order valence-corrected chi connectivity index (χ3v) is 4.05. The first-order valence-electron chi connectivity index (χ1n) is 7.14. The number of halogens is 1. The lowest BCUT2D eigenvalue weighted by Gasteiger charge is -2.13. The topological polar surface area (TPSA) is 60.6 Å². The Bertz CT molecular complexity index is 749. The summed E-state index contributed by atoms with van der Waals surface area (Å²) in [6.45, 7) is 2.80. The minimum Gasteiger partial charge on any atom is -0.348 e. The van der Waals surface area contributed by atoms with Crippen LogP contribution in [-0.4, -0.2) is 37.9 Å². The number of rotatable bonds is 3. The molecule has 108 valence electrons. The van der Waals surface area contributed by atoms with Crippen LogP contribution in [0.5, 0.6) is 0 Å². The molecule has 6 heteroatoms. The zero-order chi connectivity index (χ0) is 14.2. The summed E-state index contributed by atoms with van der Waals surface area (Å²) in [6.07, 6.45) is 4.68. The van der Waals surface area contributed by atoms with Crippen LogP contribution >= 0.6 is 0 Å². The van der Waals surface area contributed by atoms with Crippen molar-refractivity contribution >= 4 is 11.0 Å². The molecule has 0 bridgehead atoms. The minimum atomic E-state index is -0.233. The maximum absolute atomic E-state index is 13.2. The SMILES string of the molecule is Fc1ccc2nc([C@H]3CCN(Cc4ncc[nH]4)C3)[nH]c2c1. The van der Waals surface area contributed by atoms with Gasteiger partial charge in [-0.2, -0.15) is 0 Å². The Morgan fingerprint density at radius 1 is 1.38 bits per heavy atom. The normalized spacial score (nSPS) is 19.6. The van der Waals surface area contributed by atoms with Crippen LogP contribution in [0.4, 0.5) is 4.39 Å². The fourth-order valence-electron chi connectivity index (χ4n) is 2.99. The average Bonchev–Trinajstić information content (AvgIpc) is 3.18. The van der Waals surface area contributed by atoms with Gasteiger partial charge in [-0.15, -0.1) is 0 Å². The Morgan fingerprint density at radius 3 is 3.19 bits per heavy atom. The first kappa shape index (κ1) is 12.5. The van der Waals surface area contributed by atoms with Gasteiger partial charge in [-0.25, -0.2) is 14.4 Å². The van der Waals surface area contributed by atoms with Gasteiger partial charge in [0.1, 0.15) is 17.5 Å². The summed E-state index contributed by atoms with van der Waals surface area (Å²) in [7, 11) is 0. The molecule has 0 spiro atoms. The highest BCUT2D eigenvalue weighted by atomic mass is 19.1. The third kappa shape index (κ3) is 2.42. The van der Waals surface area contributed by atoms with E-state index >= 15 is 0 Å². The molecular formula is C15H16FN5. The maximum atomic E-state index is 13.2. The molecule has 0 unspecified atom stereocenters. The van der Waals surface area contributed by atoms with Gasteiger partial charge in [0.25, 0.3) is 0 Å². The second-order valence-corrected chi connectivity index (χ2v) is 5.54. The zero-order valence-corrected chi connectivity index (χ0v) is 11.5. The van der Waals surface area contributed by atoms with E-state index in [0.29, 0.717) is 5.92 Å². The highest BCUT2D eigenvalue weighted by Crippen LogP contribution is 2.27. The lowest BCUT2D eigenvalue weighted by Crippen LogP contribution is -2.20. The van der Waals surface area contributed by atoms with Crippen molar-refractivity contribution < 1.29 is 4.39 Å². The molecule has 1 atom stereocenters. The van der Waals surface area contributed by atoms with E-state index in [1.165, 1.54) is 12.1 Å². The van der Waals surface area contributed by atoms with Gasteiger partial charge in [0.15, 0.2) is 0 Å². The maximum Gasteiger partial charge on any atom is 0.125 e. The molecule has 0 amide bonds. The molecule has 21 heavy (non-hydrogen) atoms. The molecule has 3 aromatic rings. The van der Waals surface area contributed by atoms with Crippen LogP contribution in [0.2, 0.25) is 0 Å². The number of H-pyrrole nitrogens is 2. The molecule has 3 heterocycles. The molecule has 2 N–H and O–H groups in total. The first-order chi connectivity index (χ1) is 10.3. The van der Waals surface area contributed by atoms with E-state index in [-0.39, 0.29) is 5.82 Å². The Kier molecular flexibility index (Phi) is 2.96. The number of fused-ring (bicyclic) bond motifs is 1. The molecule has 2 aromatic heterocycles. The highest BCUT2D eigenvalue weighted by Gasteiger charge is 2.26. The number of nitrogens with zero attached hydrogens (tertiary/aromatic N) is 3. The first-order valence-corrected chi connectivity index (χ1v) is 7.14. The number of hydrogen-bond acceptors (Lipinski definition) is 3. The summed E-state index contributed by atoms with van der Waals surface area (Å²) in [5.74, 6) is 2.08. The molecule has 0 saturated carbocycles. The van der Waals surface area contributed by atoms with Gasteiger partial charge in [-0.3, -0.25) is 4.90 Å². The largest absolute Gasteiger partial charge is 0.348 e. The summed E-state index contributed by atoms with van der Waals surface area (Å²) in [5, 5.41) is 0. The lowest BCUT2D eigenvalue weighted by atomic mass is 10.1. The Hall–Kier alpha value is -2.21. The van der Waals surface area contributed by atoms with Crippen molar-refractivity contribution in [3.63, 3.8) is 0 Å². The summed E-state index contributed by atoms with van der Waals surface area (Å²) in [4.78, 5) is 17.6. The Morgan fingerprint density at radius 2 is 2.33 bits per heavy atom. The van der Waals surface area contributed by atoms with Crippen LogP contribution in [0.1, 0.15) is 24.0 Å². The Labute approximate surface area is 121 Å². The molecule has 1 aromatic carbocycles. The monoisotopic (exact) mass is 285 g/mol.